The lowest BCUT2D eigenvalue weighted by Gasteiger charge is -2.46. The van der Waals surface area contributed by atoms with Crippen LogP contribution in [-0.4, -0.2) is 35.8 Å². The number of ether oxygens (including phenoxy) is 2. The first-order valence-corrected chi connectivity index (χ1v) is 11.0. The van der Waals surface area contributed by atoms with Crippen LogP contribution in [-0.2, 0) is 16.7 Å². The van der Waals surface area contributed by atoms with Gasteiger partial charge in [0.15, 0.2) is 10.9 Å². The van der Waals surface area contributed by atoms with E-state index in [9.17, 15) is 0 Å². The lowest BCUT2D eigenvalue weighted by molar-refractivity contribution is -0.104. The fraction of sp³-hybridized carbons (Fsp3) is 0.565. The van der Waals surface area contributed by atoms with E-state index < -0.39 is 0 Å². The highest BCUT2D eigenvalue weighted by Crippen LogP contribution is 2.49. The van der Waals surface area contributed by atoms with Crippen LogP contribution in [0.25, 0.3) is 0 Å². The summed E-state index contributed by atoms with van der Waals surface area (Å²) in [5.41, 5.74) is 2.42. The molecule has 0 radical (unpaired) electrons. The Labute approximate surface area is 178 Å². The monoisotopic (exact) mass is 415 g/mol. The van der Waals surface area contributed by atoms with Gasteiger partial charge < -0.3 is 14.8 Å². The maximum absolute atomic E-state index is 6.33. The Morgan fingerprint density at radius 3 is 2.83 bits per heavy atom. The van der Waals surface area contributed by atoms with E-state index >= 15 is 0 Å². The molecule has 0 amide bonds. The van der Waals surface area contributed by atoms with Crippen LogP contribution in [0.3, 0.4) is 0 Å². The van der Waals surface area contributed by atoms with Gasteiger partial charge >= 0.3 is 0 Å². The lowest BCUT2D eigenvalue weighted by atomic mass is 9.68. The third kappa shape index (κ3) is 4.57. The molecule has 1 aliphatic heterocycles. The molecule has 1 spiro atoms. The van der Waals surface area contributed by atoms with Crippen LogP contribution in [0.4, 0.5) is 0 Å². The fourth-order valence-corrected chi connectivity index (χ4v) is 5.25. The number of hydrogen-bond acceptors (Lipinski definition) is 5. The summed E-state index contributed by atoms with van der Waals surface area (Å²) in [6, 6.07) is 8.25. The molecule has 2 fully saturated rings. The second kappa shape index (κ2) is 8.99. The molecule has 1 atom stereocenters. The highest BCUT2D eigenvalue weighted by Gasteiger charge is 2.48. The summed E-state index contributed by atoms with van der Waals surface area (Å²) in [6.45, 7) is 2.48. The molecule has 1 aliphatic carbocycles. The van der Waals surface area contributed by atoms with Crippen LogP contribution in [0.15, 0.2) is 36.7 Å². The maximum atomic E-state index is 6.33. The minimum atomic E-state index is 0.0588. The van der Waals surface area contributed by atoms with Crippen molar-refractivity contribution in [2.24, 2.45) is 0 Å². The molecule has 1 saturated heterocycles. The van der Waals surface area contributed by atoms with Crippen molar-refractivity contribution in [3.8, 4) is 5.75 Å². The van der Waals surface area contributed by atoms with Gasteiger partial charge in [0.2, 0.25) is 0 Å². The Kier molecular flexibility index (Phi) is 6.38. The van der Waals surface area contributed by atoms with Crippen LogP contribution < -0.4 is 10.1 Å². The van der Waals surface area contributed by atoms with Crippen LogP contribution in [0.5, 0.6) is 5.75 Å². The minimum absolute atomic E-state index is 0.0588. The zero-order valence-corrected chi connectivity index (χ0v) is 17.9. The molecule has 1 saturated carbocycles. The molecule has 29 heavy (non-hydrogen) atoms. The molecule has 4 rings (SSSR count). The summed E-state index contributed by atoms with van der Waals surface area (Å²) in [6.07, 6.45) is 11.8. The molecule has 0 bridgehead atoms. The van der Waals surface area contributed by atoms with Crippen molar-refractivity contribution in [1.29, 1.82) is 0 Å². The topological polar surface area (TPSA) is 56.3 Å². The van der Waals surface area contributed by atoms with Gasteiger partial charge in [-0.25, -0.2) is 4.98 Å². The first-order valence-electron chi connectivity index (χ1n) is 10.6. The number of halogens is 1. The normalized spacial score (nSPS) is 23.4. The molecule has 2 aromatic rings. The molecular weight excluding hydrogens is 386 g/mol. The van der Waals surface area contributed by atoms with E-state index in [0.717, 1.165) is 44.5 Å². The number of aromatic nitrogens is 2. The zero-order valence-electron chi connectivity index (χ0n) is 17.1. The molecule has 156 valence electrons. The van der Waals surface area contributed by atoms with Gasteiger partial charge in [-0.15, -0.1) is 0 Å². The number of nitrogens with one attached hydrogen (secondary N) is 1. The molecule has 5 nitrogen and oxygen atoms in total. The van der Waals surface area contributed by atoms with Gasteiger partial charge in [-0.3, -0.25) is 4.98 Å². The average Bonchev–Trinajstić information content (AvgIpc) is 3.20. The molecule has 6 heteroatoms. The van der Waals surface area contributed by atoms with Gasteiger partial charge in [-0.05, 0) is 62.4 Å². The fourth-order valence-electron chi connectivity index (χ4n) is 5.06. The molecule has 3 heterocycles. The third-order valence-electron chi connectivity index (χ3n) is 6.57. The van der Waals surface area contributed by atoms with Crippen LogP contribution in [0, 0.1) is 0 Å². The lowest BCUT2D eigenvalue weighted by Crippen LogP contribution is -2.47. The number of methoxy groups -OCH3 is 1. The Balaban J connectivity index is 1.44. The summed E-state index contributed by atoms with van der Waals surface area (Å²) >= 11 is 6.03. The van der Waals surface area contributed by atoms with Crippen LogP contribution >= 0.6 is 11.6 Å². The summed E-state index contributed by atoms with van der Waals surface area (Å²) in [4.78, 5) is 8.98. The second-order valence-corrected chi connectivity index (χ2v) is 8.78. The van der Waals surface area contributed by atoms with E-state index in [1.54, 1.807) is 13.3 Å². The Bertz CT molecular complexity index is 811. The Morgan fingerprint density at radius 1 is 1.21 bits per heavy atom. The van der Waals surface area contributed by atoms with Crippen molar-refractivity contribution in [3.05, 3.63) is 53.1 Å². The zero-order chi connectivity index (χ0) is 20.2. The highest BCUT2D eigenvalue weighted by atomic mass is 35.5. The van der Waals surface area contributed by atoms with Crippen molar-refractivity contribution >= 4 is 11.6 Å². The summed E-state index contributed by atoms with van der Waals surface area (Å²) < 4.78 is 11.6. The van der Waals surface area contributed by atoms with Gasteiger partial charge in [0.25, 0.3) is 0 Å². The van der Waals surface area contributed by atoms with Gasteiger partial charge in [-0.1, -0.05) is 30.5 Å². The molecule has 2 aromatic heterocycles. The SMILES string of the molecule is COc1cc(CNCC[C@@]2(c3ccccn3)CCOC3(CCCC3)C2)cnc1Cl. The number of pyridine rings is 2. The van der Waals surface area contributed by atoms with E-state index in [2.05, 4.69) is 22.4 Å². The number of hydrogen-bond donors (Lipinski definition) is 1. The highest BCUT2D eigenvalue weighted by molar-refractivity contribution is 6.30. The van der Waals surface area contributed by atoms with Crippen molar-refractivity contribution in [1.82, 2.24) is 15.3 Å². The van der Waals surface area contributed by atoms with E-state index in [-0.39, 0.29) is 11.0 Å². The van der Waals surface area contributed by atoms with E-state index in [0.29, 0.717) is 10.9 Å². The second-order valence-electron chi connectivity index (χ2n) is 8.42. The van der Waals surface area contributed by atoms with E-state index in [4.69, 9.17) is 26.1 Å². The minimum Gasteiger partial charge on any atom is -0.494 e. The summed E-state index contributed by atoms with van der Waals surface area (Å²) in [5, 5.41) is 3.98. The third-order valence-corrected chi connectivity index (χ3v) is 6.85. The smallest absolute Gasteiger partial charge is 0.171 e. The molecule has 0 unspecified atom stereocenters. The average molecular weight is 416 g/mol. The van der Waals surface area contributed by atoms with Gasteiger partial charge in [0, 0.05) is 36.7 Å². The van der Waals surface area contributed by atoms with Crippen LogP contribution in [0.1, 0.15) is 56.2 Å². The van der Waals surface area contributed by atoms with Gasteiger partial charge in [0.05, 0.1) is 12.7 Å². The number of nitrogens with zero attached hydrogens (tertiary/aromatic N) is 2. The molecule has 2 aliphatic rings. The van der Waals surface area contributed by atoms with Gasteiger partial charge in [0.1, 0.15) is 0 Å². The Hall–Kier alpha value is -1.69. The summed E-state index contributed by atoms with van der Waals surface area (Å²) in [7, 11) is 1.61. The largest absolute Gasteiger partial charge is 0.494 e. The predicted octanol–water partition coefficient (Wildman–Crippen LogP) is 4.68. The molecule has 0 aromatic carbocycles. The molecular formula is C23H30ClN3O2. The Morgan fingerprint density at radius 2 is 2.07 bits per heavy atom. The van der Waals surface area contributed by atoms with E-state index in [1.807, 2.05) is 18.3 Å². The first-order chi connectivity index (χ1) is 14.1. The van der Waals surface area contributed by atoms with Gasteiger partial charge in [-0.2, -0.15) is 0 Å². The quantitative estimate of drug-likeness (QED) is 0.525. The van der Waals surface area contributed by atoms with E-state index in [1.165, 1.54) is 31.4 Å². The molecule has 1 N–H and O–H groups in total. The van der Waals surface area contributed by atoms with Crippen LogP contribution in [0.2, 0.25) is 5.15 Å². The maximum Gasteiger partial charge on any atom is 0.171 e. The number of rotatable bonds is 7. The van der Waals surface area contributed by atoms with Crippen molar-refractivity contribution in [2.75, 3.05) is 20.3 Å². The standard InChI is InChI=1S/C23H30ClN3O2/c1-28-19-14-18(16-27-21(19)24)15-25-12-9-22(20-6-2-5-11-26-20)10-13-29-23(17-22)7-3-4-8-23/h2,5-6,11,14,16,25H,3-4,7-10,12-13,15,17H2,1H3/t22-/m1/s1. The first kappa shape index (κ1) is 20.6. The predicted molar refractivity (Wildman–Crippen MR) is 114 cm³/mol. The van der Waals surface area contributed by atoms with Crippen molar-refractivity contribution in [2.45, 2.75) is 62.5 Å². The summed E-state index contributed by atoms with van der Waals surface area (Å²) in [5.74, 6) is 0.614. The van der Waals surface area contributed by atoms with Crippen molar-refractivity contribution in [3.63, 3.8) is 0 Å². The van der Waals surface area contributed by atoms with Crippen molar-refractivity contribution < 1.29 is 9.47 Å².